The van der Waals surface area contributed by atoms with E-state index in [1.165, 1.54) is 11.0 Å². The maximum Gasteiger partial charge on any atom is 0.261 e. The summed E-state index contributed by atoms with van der Waals surface area (Å²) < 4.78 is 5.53. The zero-order chi connectivity index (χ0) is 18.7. The summed E-state index contributed by atoms with van der Waals surface area (Å²) in [5, 5.41) is 6.05. The number of ether oxygens (including phenoxy) is 1. The SMILES string of the molecule is CCN[C@H](C)CNC(=O)c1ccc2c(c1)C(=O)N(CC1CCCO1)C2=O. The van der Waals surface area contributed by atoms with Crippen molar-refractivity contribution in [3.05, 3.63) is 34.9 Å². The molecule has 2 aliphatic heterocycles. The molecule has 0 saturated carbocycles. The lowest BCUT2D eigenvalue weighted by molar-refractivity contribution is 0.0475. The van der Waals surface area contributed by atoms with Crippen LogP contribution in [0.1, 0.15) is 57.8 Å². The molecular weight excluding hydrogens is 334 g/mol. The molecule has 1 unspecified atom stereocenters. The van der Waals surface area contributed by atoms with Gasteiger partial charge in [0.2, 0.25) is 0 Å². The quantitative estimate of drug-likeness (QED) is 0.714. The van der Waals surface area contributed by atoms with Crippen LogP contribution in [0.4, 0.5) is 0 Å². The van der Waals surface area contributed by atoms with Crippen molar-refractivity contribution in [2.24, 2.45) is 0 Å². The lowest BCUT2D eigenvalue weighted by Crippen LogP contribution is -2.38. The van der Waals surface area contributed by atoms with E-state index in [1.54, 1.807) is 12.1 Å². The summed E-state index contributed by atoms with van der Waals surface area (Å²) in [6.45, 7) is 6.24. The van der Waals surface area contributed by atoms with Crippen molar-refractivity contribution in [1.82, 2.24) is 15.5 Å². The van der Waals surface area contributed by atoms with Gasteiger partial charge >= 0.3 is 0 Å². The van der Waals surface area contributed by atoms with E-state index >= 15 is 0 Å². The van der Waals surface area contributed by atoms with E-state index in [-0.39, 0.29) is 36.4 Å². The van der Waals surface area contributed by atoms with Crippen molar-refractivity contribution in [2.45, 2.75) is 38.8 Å². The van der Waals surface area contributed by atoms with Gasteiger partial charge in [0.25, 0.3) is 17.7 Å². The number of fused-ring (bicyclic) bond motifs is 1. The molecule has 0 aromatic heterocycles. The molecule has 140 valence electrons. The van der Waals surface area contributed by atoms with Gasteiger partial charge in [-0.15, -0.1) is 0 Å². The minimum atomic E-state index is -0.351. The number of carbonyl (C=O) groups excluding carboxylic acids is 3. The first kappa shape index (κ1) is 18.5. The van der Waals surface area contributed by atoms with Gasteiger partial charge in [-0.1, -0.05) is 6.92 Å². The Kier molecular flexibility index (Phi) is 5.68. The van der Waals surface area contributed by atoms with Crippen molar-refractivity contribution in [3.8, 4) is 0 Å². The van der Waals surface area contributed by atoms with Crippen LogP contribution < -0.4 is 10.6 Å². The smallest absolute Gasteiger partial charge is 0.261 e. The summed E-state index contributed by atoms with van der Waals surface area (Å²) in [6, 6.07) is 4.82. The number of carbonyl (C=O) groups is 3. The molecule has 2 aliphatic rings. The number of amides is 3. The summed E-state index contributed by atoms with van der Waals surface area (Å²) in [4.78, 5) is 38.7. The lowest BCUT2D eigenvalue weighted by atomic mass is 10.1. The first-order chi connectivity index (χ1) is 12.5. The molecule has 0 aliphatic carbocycles. The highest BCUT2D eigenvalue weighted by Gasteiger charge is 2.37. The van der Waals surface area contributed by atoms with Crippen LogP contribution in [0.15, 0.2) is 18.2 Å². The number of nitrogens with zero attached hydrogens (tertiary/aromatic N) is 1. The molecule has 1 aromatic rings. The van der Waals surface area contributed by atoms with Gasteiger partial charge in [-0.05, 0) is 44.5 Å². The number of likely N-dealkylation sites (N-methyl/N-ethyl adjacent to an activating group) is 1. The highest BCUT2D eigenvalue weighted by atomic mass is 16.5. The average molecular weight is 359 g/mol. The van der Waals surface area contributed by atoms with Crippen LogP contribution in [0, 0.1) is 0 Å². The summed E-state index contributed by atoms with van der Waals surface area (Å²) in [7, 11) is 0. The molecule has 1 fully saturated rings. The maximum atomic E-state index is 12.6. The minimum Gasteiger partial charge on any atom is -0.376 e. The van der Waals surface area contributed by atoms with Gasteiger partial charge in [-0.25, -0.2) is 0 Å². The van der Waals surface area contributed by atoms with E-state index in [2.05, 4.69) is 10.6 Å². The van der Waals surface area contributed by atoms with Crippen LogP contribution in [-0.4, -0.2) is 61.0 Å². The van der Waals surface area contributed by atoms with Crippen LogP contribution in [0.5, 0.6) is 0 Å². The Morgan fingerprint density at radius 2 is 2.08 bits per heavy atom. The maximum absolute atomic E-state index is 12.6. The Bertz CT molecular complexity index is 713. The summed E-state index contributed by atoms with van der Waals surface area (Å²) in [5.41, 5.74) is 1.03. The Balaban J connectivity index is 1.69. The Morgan fingerprint density at radius 1 is 1.31 bits per heavy atom. The second-order valence-corrected chi connectivity index (χ2v) is 6.79. The van der Waals surface area contributed by atoms with E-state index in [1.807, 2.05) is 13.8 Å². The first-order valence-electron chi connectivity index (χ1n) is 9.14. The number of hydrogen-bond acceptors (Lipinski definition) is 5. The van der Waals surface area contributed by atoms with Crippen LogP contribution in [-0.2, 0) is 4.74 Å². The molecule has 2 N–H and O–H groups in total. The highest BCUT2D eigenvalue weighted by Crippen LogP contribution is 2.26. The second kappa shape index (κ2) is 7.97. The van der Waals surface area contributed by atoms with E-state index in [0.29, 0.717) is 29.8 Å². The second-order valence-electron chi connectivity index (χ2n) is 6.79. The van der Waals surface area contributed by atoms with Gasteiger partial charge < -0.3 is 15.4 Å². The normalized spacial score (nSPS) is 20.4. The van der Waals surface area contributed by atoms with Crippen molar-refractivity contribution in [1.29, 1.82) is 0 Å². The number of benzene rings is 1. The molecule has 2 atom stereocenters. The topological polar surface area (TPSA) is 87.7 Å². The highest BCUT2D eigenvalue weighted by molar-refractivity contribution is 6.22. The third kappa shape index (κ3) is 3.78. The standard InChI is InChI=1S/C19H25N3O4/c1-3-20-12(2)10-21-17(23)13-6-7-15-16(9-13)19(25)22(18(15)24)11-14-5-4-8-26-14/h6-7,9,12,14,20H,3-5,8,10-11H2,1-2H3,(H,21,23)/t12-,14?/m1/s1. The molecule has 7 nitrogen and oxygen atoms in total. The summed E-state index contributed by atoms with van der Waals surface area (Å²) in [6.07, 6.45) is 1.71. The van der Waals surface area contributed by atoms with Crippen molar-refractivity contribution < 1.29 is 19.1 Å². The van der Waals surface area contributed by atoms with E-state index in [9.17, 15) is 14.4 Å². The zero-order valence-corrected chi connectivity index (χ0v) is 15.2. The molecule has 0 bridgehead atoms. The molecule has 1 aromatic carbocycles. The van der Waals surface area contributed by atoms with Gasteiger partial charge in [0.1, 0.15) is 0 Å². The van der Waals surface area contributed by atoms with Gasteiger partial charge in [-0.3, -0.25) is 19.3 Å². The molecule has 7 heteroatoms. The summed E-state index contributed by atoms with van der Waals surface area (Å²) >= 11 is 0. The third-order valence-corrected chi connectivity index (χ3v) is 4.76. The van der Waals surface area contributed by atoms with E-state index in [4.69, 9.17) is 4.74 Å². The monoisotopic (exact) mass is 359 g/mol. The molecule has 3 rings (SSSR count). The fourth-order valence-corrected chi connectivity index (χ4v) is 3.36. The molecule has 1 saturated heterocycles. The van der Waals surface area contributed by atoms with E-state index in [0.717, 1.165) is 19.4 Å². The van der Waals surface area contributed by atoms with Crippen LogP contribution in [0.2, 0.25) is 0 Å². The van der Waals surface area contributed by atoms with Gasteiger partial charge in [0.15, 0.2) is 0 Å². The fourth-order valence-electron chi connectivity index (χ4n) is 3.36. The molecule has 26 heavy (non-hydrogen) atoms. The largest absolute Gasteiger partial charge is 0.376 e. The van der Waals surface area contributed by atoms with Gasteiger partial charge in [0, 0.05) is 24.8 Å². The fraction of sp³-hybridized carbons (Fsp3) is 0.526. The van der Waals surface area contributed by atoms with Crippen LogP contribution in [0.25, 0.3) is 0 Å². The predicted molar refractivity (Wildman–Crippen MR) is 96.3 cm³/mol. The van der Waals surface area contributed by atoms with Crippen LogP contribution >= 0.6 is 0 Å². The number of imide groups is 1. The van der Waals surface area contributed by atoms with Crippen molar-refractivity contribution in [3.63, 3.8) is 0 Å². The van der Waals surface area contributed by atoms with Crippen molar-refractivity contribution >= 4 is 17.7 Å². The minimum absolute atomic E-state index is 0.0902. The number of rotatable bonds is 7. The van der Waals surface area contributed by atoms with Crippen molar-refractivity contribution in [2.75, 3.05) is 26.2 Å². The van der Waals surface area contributed by atoms with Crippen LogP contribution in [0.3, 0.4) is 0 Å². The molecule has 3 amide bonds. The number of nitrogens with one attached hydrogen (secondary N) is 2. The van der Waals surface area contributed by atoms with E-state index < -0.39 is 0 Å². The van der Waals surface area contributed by atoms with Gasteiger partial charge in [0.05, 0.1) is 23.8 Å². The lowest BCUT2D eigenvalue weighted by Gasteiger charge is -2.17. The Labute approximate surface area is 153 Å². The predicted octanol–water partition coefficient (Wildman–Crippen LogP) is 1.19. The first-order valence-corrected chi connectivity index (χ1v) is 9.14. The van der Waals surface area contributed by atoms with Gasteiger partial charge in [-0.2, -0.15) is 0 Å². The molecule has 0 radical (unpaired) electrons. The molecule has 2 heterocycles. The summed E-state index contributed by atoms with van der Waals surface area (Å²) in [5.74, 6) is -0.917. The molecular formula is C19H25N3O4. The molecule has 0 spiro atoms. The Hall–Kier alpha value is -2.25. The third-order valence-electron chi connectivity index (χ3n) is 4.76. The zero-order valence-electron chi connectivity index (χ0n) is 15.2. The average Bonchev–Trinajstić information content (AvgIpc) is 3.23. The number of hydrogen-bond donors (Lipinski definition) is 2. The Morgan fingerprint density at radius 3 is 2.77 bits per heavy atom.